The van der Waals surface area contributed by atoms with Crippen molar-refractivity contribution in [1.82, 2.24) is 4.98 Å². The molecule has 0 atom stereocenters. The van der Waals surface area contributed by atoms with E-state index in [0.717, 1.165) is 15.8 Å². The Morgan fingerprint density at radius 2 is 1.80 bits per heavy atom. The van der Waals surface area contributed by atoms with Gasteiger partial charge in [-0.3, -0.25) is 10.1 Å². The average Bonchev–Trinajstić information content (AvgIpc) is 3.06. The van der Waals surface area contributed by atoms with Crippen LogP contribution in [0.1, 0.15) is 15.9 Å². The van der Waals surface area contributed by atoms with E-state index in [4.69, 9.17) is 14.2 Å². The Balaban J connectivity index is 1.93. The number of carbonyl (C=O) groups excluding carboxylic acids is 1. The van der Waals surface area contributed by atoms with Crippen molar-refractivity contribution in [1.29, 1.82) is 0 Å². The predicted octanol–water partition coefficient (Wildman–Crippen LogP) is 3.88. The molecule has 0 bridgehead atoms. The smallest absolute Gasteiger partial charge is 0.261 e. The molecule has 130 valence electrons. The van der Waals surface area contributed by atoms with Crippen molar-refractivity contribution in [3.05, 3.63) is 41.5 Å². The van der Waals surface area contributed by atoms with Crippen LogP contribution in [0.2, 0.25) is 0 Å². The molecule has 2 aromatic carbocycles. The normalized spacial score (nSPS) is 10.6. The Morgan fingerprint density at radius 1 is 1.04 bits per heavy atom. The molecular formula is C18H18N2O4S. The molecule has 1 aromatic heterocycles. The lowest BCUT2D eigenvalue weighted by Crippen LogP contribution is -2.13. The van der Waals surface area contributed by atoms with Crippen molar-refractivity contribution >= 4 is 32.6 Å². The highest BCUT2D eigenvalue weighted by Crippen LogP contribution is 2.35. The van der Waals surface area contributed by atoms with Crippen LogP contribution in [-0.2, 0) is 0 Å². The molecule has 25 heavy (non-hydrogen) atoms. The maximum atomic E-state index is 12.6. The first kappa shape index (κ1) is 17.0. The zero-order valence-corrected chi connectivity index (χ0v) is 15.2. The van der Waals surface area contributed by atoms with Gasteiger partial charge in [0.1, 0.15) is 22.8 Å². The average molecular weight is 358 g/mol. The van der Waals surface area contributed by atoms with E-state index in [1.165, 1.54) is 18.4 Å². The largest absolute Gasteiger partial charge is 0.497 e. The molecule has 0 fully saturated rings. The summed E-state index contributed by atoms with van der Waals surface area (Å²) in [5, 5.41) is 3.34. The number of fused-ring (bicyclic) bond motifs is 1. The van der Waals surface area contributed by atoms with Gasteiger partial charge in [-0.25, -0.2) is 4.98 Å². The third-order valence-electron chi connectivity index (χ3n) is 3.80. The monoisotopic (exact) mass is 358 g/mol. The molecule has 0 aliphatic carbocycles. The van der Waals surface area contributed by atoms with Gasteiger partial charge in [0.15, 0.2) is 5.13 Å². The first-order chi connectivity index (χ1) is 12.1. The molecule has 1 N–H and O–H groups in total. The number of ether oxygens (including phenoxy) is 3. The number of rotatable bonds is 5. The van der Waals surface area contributed by atoms with Crippen molar-refractivity contribution in [2.24, 2.45) is 0 Å². The van der Waals surface area contributed by atoms with E-state index in [1.54, 1.807) is 32.4 Å². The number of thiazole rings is 1. The van der Waals surface area contributed by atoms with Crippen LogP contribution in [0, 0.1) is 6.92 Å². The third-order valence-corrected chi connectivity index (χ3v) is 4.90. The first-order valence-electron chi connectivity index (χ1n) is 7.55. The zero-order chi connectivity index (χ0) is 18.0. The van der Waals surface area contributed by atoms with E-state index in [1.807, 2.05) is 19.1 Å². The fraction of sp³-hybridized carbons (Fsp3) is 0.222. The van der Waals surface area contributed by atoms with Crippen LogP contribution in [0.25, 0.3) is 10.2 Å². The van der Waals surface area contributed by atoms with E-state index >= 15 is 0 Å². The van der Waals surface area contributed by atoms with E-state index in [-0.39, 0.29) is 5.91 Å². The van der Waals surface area contributed by atoms with Crippen LogP contribution in [0.5, 0.6) is 17.2 Å². The quantitative estimate of drug-likeness (QED) is 0.749. The van der Waals surface area contributed by atoms with Crippen molar-refractivity contribution in [2.45, 2.75) is 6.92 Å². The molecule has 7 heteroatoms. The van der Waals surface area contributed by atoms with Crippen LogP contribution in [-0.4, -0.2) is 32.2 Å². The molecular weight excluding hydrogens is 340 g/mol. The number of hydrogen-bond donors (Lipinski definition) is 1. The van der Waals surface area contributed by atoms with Crippen LogP contribution in [0.3, 0.4) is 0 Å². The topological polar surface area (TPSA) is 69.7 Å². The predicted molar refractivity (Wildman–Crippen MR) is 98.4 cm³/mol. The van der Waals surface area contributed by atoms with Crippen molar-refractivity contribution < 1.29 is 19.0 Å². The van der Waals surface area contributed by atoms with E-state index in [9.17, 15) is 4.79 Å². The summed E-state index contributed by atoms with van der Waals surface area (Å²) < 4.78 is 16.8. The number of nitrogens with zero attached hydrogens (tertiary/aromatic N) is 1. The fourth-order valence-corrected chi connectivity index (χ4v) is 3.42. The number of aryl methyl sites for hydroxylation is 1. The van der Waals surface area contributed by atoms with Gasteiger partial charge in [0.2, 0.25) is 0 Å². The highest BCUT2D eigenvalue weighted by molar-refractivity contribution is 7.22. The van der Waals surface area contributed by atoms with Crippen LogP contribution in [0.4, 0.5) is 5.13 Å². The second-order valence-electron chi connectivity index (χ2n) is 5.30. The van der Waals surface area contributed by atoms with Gasteiger partial charge in [-0.1, -0.05) is 17.4 Å². The van der Waals surface area contributed by atoms with Gasteiger partial charge in [0.25, 0.3) is 5.91 Å². The first-order valence-corrected chi connectivity index (χ1v) is 8.36. The minimum atomic E-state index is -0.296. The summed E-state index contributed by atoms with van der Waals surface area (Å²) in [5.74, 6) is 1.44. The van der Waals surface area contributed by atoms with Gasteiger partial charge < -0.3 is 14.2 Å². The number of nitrogens with one attached hydrogen (secondary N) is 1. The molecule has 6 nitrogen and oxygen atoms in total. The lowest BCUT2D eigenvalue weighted by Gasteiger charge is -2.09. The number of benzene rings is 2. The minimum absolute atomic E-state index is 0.296. The molecule has 0 saturated heterocycles. The highest BCUT2D eigenvalue weighted by atomic mass is 32.1. The molecule has 0 saturated carbocycles. The van der Waals surface area contributed by atoms with Gasteiger partial charge in [-0.05, 0) is 30.7 Å². The van der Waals surface area contributed by atoms with Gasteiger partial charge >= 0.3 is 0 Å². The van der Waals surface area contributed by atoms with Gasteiger partial charge in [-0.15, -0.1) is 0 Å². The summed E-state index contributed by atoms with van der Waals surface area (Å²) in [6.45, 7) is 2.00. The third kappa shape index (κ3) is 3.23. The Bertz CT molecular complexity index is 936. The molecule has 3 rings (SSSR count). The molecule has 3 aromatic rings. The Hall–Kier alpha value is -2.80. The summed E-state index contributed by atoms with van der Waals surface area (Å²) in [6.07, 6.45) is 0. The van der Waals surface area contributed by atoms with Crippen LogP contribution in [0.15, 0.2) is 30.3 Å². The van der Waals surface area contributed by atoms with E-state index in [2.05, 4.69) is 10.3 Å². The number of anilines is 1. The molecule has 0 aliphatic rings. The molecule has 1 heterocycles. The number of amides is 1. The van der Waals surface area contributed by atoms with Gasteiger partial charge in [0.05, 0.1) is 31.6 Å². The van der Waals surface area contributed by atoms with E-state index < -0.39 is 0 Å². The summed E-state index contributed by atoms with van der Waals surface area (Å²) in [4.78, 5) is 17.1. The number of carbonyl (C=O) groups is 1. The van der Waals surface area contributed by atoms with Crippen molar-refractivity contribution in [3.8, 4) is 17.2 Å². The standard InChI is InChI=1S/C18H18N2O4S/c1-10-5-8-13(23-3)15-16(10)25-18(19-15)20-17(21)12-7-6-11(22-2)9-14(12)24-4/h5-9H,1-4H3,(H,19,20,21). The maximum Gasteiger partial charge on any atom is 0.261 e. The van der Waals surface area contributed by atoms with Gasteiger partial charge in [-0.2, -0.15) is 0 Å². The fourth-order valence-electron chi connectivity index (χ4n) is 2.48. The summed E-state index contributed by atoms with van der Waals surface area (Å²) in [7, 11) is 4.67. The Labute approximate surface area is 149 Å². The number of aromatic nitrogens is 1. The number of methoxy groups -OCH3 is 3. The van der Waals surface area contributed by atoms with Gasteiger partial charge in [0, 0.05) is 6.07 Å². The summed E-state index contributed by atoms with van der Waals surface area (Å²) in [5.41, 5.74) is 2.23. The molecule has 1 amide bonds. The molecule has 0 spiro atoms. The number of hydrogen-bond acceptors (Lipinski definition) is 6. The molecule has 0 unspecified atom stereocenters. The second kappa shape index (κ2) is 6.98. The second-order valence-corrected chi connectivity index (χ2v) is 6.30. The van der Waals surface area contributed by atoms with Crippen molar-refractivity contribution in [2.75, 3.05) is 26.6 Å². The summed E-state index contributed by atoms with van der Waals surface area (Å²) >= 11 is 1.41. The van der Waals surface area contributed by atoms with E-state index in [0.29, 0.717) is 27.9 Å². The van der Waals surface area contributed by atoms with Crippen LogP contribution < -0.4 is 19.5 Å². The minimum Gasteiger partial charge on any atom is -0.497 e. The maximum absolute atomic E-state index is 12.6. The lowest BCUT2D eigenvalue weighted by atomic mass is 10.2. The highest BCUT2D eigenvalue weighted by Gasteiger charge is 2.17. The Kier molecular flexibility index (Phi) is 4.76. The zero-order valence-electron chi connectivity index (χ0n) is 14.4. The summed E-state index contributed by atoms with van der Waals surface area (Å²) in [6, 6.07) is 8.88. The lowest BCUT2D eigenvalue weighted by molar-refractivity contribution is 0.102. The Morgan fingerprint density at radius 3 is 2.48 bits per heavy atom. The SMILES string of the molecule is COc1ccc(C(=O)Nc2nc3c(OC)ccc(C)c3s2)c(OC)c1. The van der Waals surface area contributed by atoms with Crippen LogP contribution >= 0.6 is 11.3 Å². The molecule has 0 radical (unpaired) electrons. The molecule has 0 aliphatic heterocycles. The van der Waals surface area contributed by atoms with Crippen molar-refractivity contribution in [3.63, 3.8) is 0 Å².